The first-order valence-electron chi connectivity index (χ1n) is 8.93. The van der Waals surface area contributed by atoms with E-state index in [9.17, 15) is 13.2 Å². The monoisotopic (exact) mass is 451 g/mol. The van der Waals surface area contributed by atoms with Gasteiger partial charge in [-0.15, -0.1) is 34.8 Å². The van der Waals surface area contributed by atoms with E-state index in [2.05, 4.69) is 0 Å². The summed E-state index contributed by atoms with van der Waals surface area (Å²) in [6.07, 6.45) is 1.17. The molecule has 2 fully saturated rings. The first-order chi connectivity index (χ1) is 12.2. The van der Waals surface area contributed by atoms with Gasteiger partial charge in [0, 0.05) is 28.1 Å². The highest BCUT2D eigenvalue weighted by molar-refractivity contribution is 7.89. The maximum Gasteiger partial charge on any atom is 0.266 e. The predicted molar refractivity (Wildman–Crippen MR) is 109 cm³/mol. The molecule has 1 aliphatic heterocycles. The van der Waals surface area contributed by atoms with E-state index in [-0.39, 0.29) is 11.4 Å². The molecule has 1 saturated heterocycles. The molecule has 1 amide bonds. The molecule has 1 heterocycles. The number of fused-ring (bicyclic) bond motifs is 1. The number of benzene rings is 1. The van der Waals surface area contributed by atoms with Crippen molar-refractivity contribution in [3.63, 3.8) is 0 Å². The van der Waals surface area contributed by atoms with Crippen molar-refractivity contribution in [2.45, 2.75) is 60.1 Å². The lowest BCUT2D eigenvalue weighted by Gasteiger charge is -2.49. The highest BCUT2D eigenvalue weighted by atomic mass is 35.5. The molecule has 1 saturated carbocycles. The molecule has 0 N–H and O–H groups in total. The number of amides is 1. The fourth-order valence-corrected chi connectivity index (χ4v) is 7.48. The van der Waals surface area contributed by atoms with Gasteiger partial charge in [-0.3, -0.25) is 4.79 Å². The topological polar surface area (TPSA) is 54.5 Å². The van der Waals surface area contributed by atoms with Crippen molar-refractivity contribution in [2.75, 3.05) is 6.54 Å². The van der Waals surface area contributed by atoms with E-state index < -0.39 is 42.4 Å². The Morgan fingerprint density at radius 3 is 2.26 bits per heavy atom. The van der Waals surface area contributed by atoms with Crippen molar-refractivity contribution >= 4 is 50.7 Å². The lowest BCUT2D eigenvalue weighted by molar-refractivity contribution is -0.128. The third-order valence-corrected chi connectivity index (χ3v) is 9.17. The van der Waals surface area contributed by atoms with Crippen molar-refractivity contribution in [3.05, 3.63) is 29.8 Å². The Kier molecular flexibility index (Phi) is 5.12. The van der Waals surface area contributed by atoms with Crippen molar-refractivity contribution in [3.8, 4) is 0 Å². The number of aryl methyl sites for hydroxylation is 1. The molecule has 8 heteroatoms. The van der Waals surface area contributed by atoms with Crippen LogP contribution >= 0.6 is 34.8 Å². The van der Waals surface area contributed by atoms with Crippen LogP contribution in [0, 0.1) is 18.8 Å². The number of halogens is 3. The highest BCUT2D eigenvalue weighted by Gasteiger charge is 2.68. The van der Waals surface area contributed by atoms with E-state index in [1.807, 2.05) is 27.7 Å². The second kappa shape index (κ2) is 6.51. The average Bonchev–Trinajstić information content (AvgIpc) is 2.80. The maximum absolute atomic E-state index is 13.4. The van der Waals surface area contributed by atoms with Crippen LogP contribution in [0.3, 0.4) is 0 Å². The molecule has 0 aromatic heterocycles. The van der Waals surface area contributed by atoms with Crippen molar-refractivity contribution < 1.29 is 13.2 Å². The highest BCUT2D eigenvalue weighted by Crippen LogP contribution is 2.59. The Morgan fingerprint density at radius 1 is 1.19 bits per heavy atom. The van der Waals surface area contributed by atoms with Gasteiger partial charge >= 0.3 is 0 Å². The van der Waals surface area contributed by atoms with E-state index in [0.29, 0.717) is 12.8 Å². The summed E-state index contributed by atoms with van der Waals surface area (Å²) in [5.74, 6) is -1.55. The zero-order valence-corrected chi connectivity index (χ0v) is 18.9. The molecule has 4 nitrogen and oxygen atoms in total. The zero-order valence-electron chi connectivity index (χ0n) is 15.8. The normalized spacial score (nSPS) is 34.6. The summed E-state index contributed by atoms with van der Waals surface area (Å²) in [6.45, 7) is 7.26. The second-order valence-corrected chi connectivity index (χ2v) is 12.7. The molecule has 0 bridgehead atoms. The van der Waals surface area contributed by atoms with Crippen LogP contribution < -0.4 is 0 Å². The minimum absolute atomic E-state index is 0.0397. The standard InChI is InChI=1S/C19H24Cl3NO3S/c1-12-5-7-13(8-6-12)27(25,26)23-11-15-18(4,21)10-9-14(17(2,3)20)19(15,22)16(23)24/h5-8,14-15H,9-11H2,1-4H3/t14-,15+,18-,19+/m1/s1. The van der Waals surface area contributed by atoms with E-state index in [1.165, 1.54) is 12.1 Å². The van der Waals surface area contributed by atoms with Crippen LogP contribution in [0.5, 0.6) is 0 Å². The van der Waals surface area contributed by atoms with Gasteiger partial charge in [-0.25, -0.2) is 12.7 Å². The summed E-state index contributed by atoms with van der Waals surface area (Å²) in [6, 6.07) is 6.41. The number of nitrogens with zero attached hydrogens (tertiary/aromatic N) is 1. The average molecular weight is 453 g/mol. The largest absolute Gasteiger partial charge is 0.272 e. The molecule has 150 valence electrons. The van der Waals surface area contributed by atoms with Gasteiger partial charge in [0.05, 0.1) is 4.90 Å². The third-order valence-electron chi connectivity index (χ3n) is 6.00. The second-order valence-electron chi connectivity index (χ2n) is 8.41. The van der Waals surface area contributed by atoms with Crippen molar-refractivity contribution in [1.29, 1.82) is 0 Å². The molecule has 2 aliphatic rings. The summed E-state index contributed by atoms with van der Waals surface area (Å²) in [5.41, 5.74) is 0.932. The van der Waals surface area contributed by atoms with Crippen LogP contribution in [0.2, 0.25) is 0 Å². The first-order valence-corrected chi connectivity index (χ1v) is 11.5. The Labute approximate surface area is 176 Å². The Morgan fingerprint density at radius 2 is 1.74 bits per heavy atom. The zero-order chi connectivity index (χ0) is 20.4. The first kappa shape index (κ1) is 21.2. The fraction of sp³-hybridized carbons (Fsp3) is 0.632. The molecular weight excluding hydrogens is 429 g/mol. The number of sulfonamides is 1. The van der Waals surface area contributed by atoms with Gasteiger partial charge in [0.1, 0.15) is 4.87 Å². The molecular formula is C19H24Cl3NO3S. The molecule has 0 radical (unpaired) electrons. The quantitative estimate of drug-likeness (QED) is 0.632. The molecule has 27 heavy (non-hydrogen) atoms. The van der Waals surface area contributed by atoms with E-state index >= 15 is 0 Å². The summed E-state index contributed by atoms with van der Waals surface area (Å²) in [5, 5.41) is 0. The Hall–Kier alpha value is -0.490. The number of rotatable bonds is 3. The molecule has 4 atom stereocenters. The lowest BCUT2D eigenvalue weighted by Crippen LogP contribution is -2.58. The molecule has 0 unspecified atom stereocenters. The van der Waals surface area contributed by atoms with Gasteiger partial charge in [-0.1, -0.05) is 17.7 Å². The van der Waals surface area contributed by atoms with E-state index in [0.717, 1.165) is 9.87 Å². The number of carbonyl (C=O) groups excluding carboxylic acids is 1. The van der Waals surface area contributed by atoms with Gasteiger partial charge < -0.3 is 0 Å². The number of hydrogen-bond acceptors (Lipinski definition) is 3. The minimum Gasteiger partial charge on any atom is -0.272 e. The van der Waals surface area contributed by atoms with Crippen LogP contribution in [-0.2, 0) is 14.8 Å². The molecule has 0 spiro atoms. The lowest BCUT2D eigenvalue weighted by atomic mass is 9.64. The fourth-order valence-electron chi connectivity index (χ4n) is 4.44. The van der Waals surface area contributed by atoms with Gasteiger partial charge in [0.2, 0.25) is 0 Å². The Bertz CT molecular complexity index is 861. The number of carbonyl (C=O) groups is 1. The number of hydrogen-bond donors (Lipinski definition) is 0. The number of alkyl halides is 3. The van der Waals surface area contributed by atoms with Crippen LogP contribution in [-0.4, -0.2) is 39.8 Å². The van der Waals surface area contributed by atoms with Gasteiger partial charge in [0.25, 0.3) is 15.9 Å². The maximum atomic E-state index is 13.4. The molecule has 1 aliphatic carbocycles. The van der Waals surface area contributed by atoms with Crippen LogP contribution in [0.1, 0.15) is 39.2 Å². The van der Waals surface area contributed by atoms with Gasteiger partial charge in [0.15, 0.2) is 0 Å². The Balaban J connectivity index is 2.09. The molecule has 1 aromatic rings. The summed E-state index contributed by atoms with van der Waals surface area (Å²) in [7, 11) is -4.02. The van der Waals surface area contributed by atoms with Gasteiger partial charge in [-0.2, -0.15) is 0 Å². The van der Waals surface area contributed by atoms with Crippen LogP contribution in [0.25, 0.3) is 0 Å². The summed E-state index contributed by atoms with van der Waals surface area (Å²) in [4.78, 5) is 10.5. The van der Waals surface area contributed by atoms with Crippen LogP contribution in [0.4, 0.5) is 0 Å². The summed E-state index contributed by atoms with van der Waals surface area (Å²) < 4.78 is 27.3. The SMILES string of the molecule is Cc1ccc(S(=O)(=O)N2C[C@@H]3[C@](Cl)(C2=O)[C@@H](C(C)(C)Cl)CC[C@@]3(C)Cl)cc1. The van der Waals surface area contributed by atoms with Crippen molar-refractivity contribution in [2.24, 2.45) is 11.8 Å². The van der Waals surface area contributed by atoms with Crippen LogP contribution in [0.15, 0.2) is 29.2 Å². The van der Waals surface area contributed by atoms with E-state index in [1.54, 1.807) is 12.1 Å². The smallest absolute Gasteiger partial charge is 0.266 e. The van der Waals surface area contributed by atoms with Gasteiger partial charge in [-0.05, 0) is 52.7 Å². The predicted octanol–water partition coefficient (Wildman–Crippen LogP) is 4.54. The summed E-state index contributed by atoms with van der Waals surface area (Å²) >= 11 is 20.2. The molecule has 3 rings (SSSR count). The third kappa shape index (κ3) is 3.29. The van der Waals surface area contributed by atoms with Crippen molar-refractivity contribution in [1.82, 2.24) is 4.31 Å². The molecule has 1 aromatic carbocycles. The van der Waals surface area contributed by atoms with E-state index in [4.69, 9.17) is 34.8 Å². The minimum atomic E-state index is -4.02.